The zero-order valence-electron chi connectivity index (χ0n) is 16.4. The number of aryl methyl sites for hydroxylation is 1. The highest BCUT2D eigenvalue weighted by molar-refractivity contribution is 7.87. The summed E-state index contributed by atoms with van der Waals surface area (Å²) in [4.78, 5) is 12.1. The van der Waals surface area contributed by atoms with Gasteiger partial charge in [-0.15, -0.1) is 0 Å². The van der Waals surface area contributed by atoms with Gasteiger partial charge in [-0.25, -0.2) is 5.43 Å². The summed E-state index contributed by atoms with van der Waals surface area (Å²) in [5.41, 5.74) is 4.33. The molecule has 3 rings (SSSR count). The van der Waals surface area contributed by atoms with Crippen molar-refractivity contribution in [2.45, 2.75) is 11.8 Å². The standard InChI is InChI=1S/C22H20N2O5S/c1-16-8-11-19(12-9-16)30(26,27)29-21-14-17(10-13-20(21)28-2)15-23-24-22(25)18-6-4-3-5-7-18/h3-15H,1-2H3,(H,24,25)/b23-15-. The van der Waals surface area contributed by atoms with E-state index in [1.807, 2.05) is 13.0 Å². The molecule has 1 N–H and O–H groups in total. The fraction of sp³-hybridized carbons (Fsp3) is 0.0909. The van der Waals surface area contributed by atoms with Crippen molar-refractivity contribution in [3.05, 3.63) is 89.5 Å². The number of carbonyl (C=O) groups excluding carboxylic acids is 1. The number of nitrogens with zero attached hydrogens (tertiary/aromatic N) is 1. The first-order chi connectivity index (χ1) is 14.4. The molecule has 0 aromatic heterocycles. The van der Waals surface area contributed by atoms with Crippen LogP contribution in [0.15, 0.2) is 82.8 Å². The Hall–Kier alpha value is -3.65. The van der Waals surface area contributed by atoms with Gasteiger partial charge in [0.25, 0.3) is 5.91 Å². The fourth-order valence-electron chi connectivity index (χ4n) is 2.53. The molecular formula is C22H20N2O5S. The Morgan fingerprint density at radius 3 is 2.33 bits per heavy atom. The number of amides is 1. The quantitative estimate of drug-likeness (QED) is 0.356. The molecule has 0 aliphatic carbocycles. The summed E-state index contributed by atoms with van der Waals surface area (Å²) in [5, 5.41) is 3.91. The maximum atomic E-state index is 12.6. The van der Waals surface area contributed by atoms with E-state index < -0.39 is 10.1 Å². The van der Waals surface area contributed by atoms with E-state index in [2.05, 4.69) is 10.5 Å². The molecule has 0 aliphatic heterocycles. The van der Waals surface area contributed by atoms with Crippen LogP contribution >= 0.6 is 0 Å². The number of hydrazone groups is 1. The van der Waals surface area contributed by atoms with E-state index in [-0.39, 0.29) is 22.3 Å². The van der Waals surface area contributed by atoms with E-state index in [0.29, 0.717) is 11.1 Å². The first-order valence-electron chi connectivity index (χ1n) is 8.97. The smallest absolute Gasteiger partial charge is 0.339 e. The molecule has 0 spiro atoms. The molecule has 0 heterocycles. The van der Waals surface area contributed by atoms with E-state index in [4.69, 9.17) is 8.92 Å². The number of benzene rings is 3. The fourth-order valence-corrected chi connectivity index (χ4v) is 3.46. The third-order valence-electron chi connectivity index (χ3n) is 4.11. The van der Waals surface area contributed by atoms with Crippen LogP contribution in [0.5, 0.6) is 11.5 Å². The lowest BCUT2D eigenvalue weighted by atomic mass is 10.2. The minimum Gasteiger partial charge on any atom is -0.493 e. The topological polar surface area (TPSA) is 94.1 Å². The van der Waals surface area contributed by atoms with Crippen molar-refractivity contribution in [2.24, 2.45) is 5.10 Å². The monoisotopic (exact) mass is 424 g/mol. The molecule has 154 valence electrons. The van der Waals surface area contributed by atoms with Gasteiger partial charge in [0.1, 0.15) is 4.90 Å². The van der Waals surface area contributed by atoms with Crippen LogP contribution < -0.4 is 14.3 Å². The molecule has 0 aliphatic rings. The summed E-state index contributed by atoms with van der Waals surface area (Å²) in [6.07, 6.45) is 1.38. The van der Waals surface area contributed by atoms with Crippen molar-refractivity contribution in [2.75, 3.05) is 7.11 Å². The maximum Gasteiger partial charge on any atom is 0.339 e. The van der Waals surface area contributed by atoms with Gasteiger partial charge < -0.3 is 8.92 Å². The largest absolute Gasteiger partial charge is 0.493 e. The van der Waals surface area contributed by atoms with E-state index in [0.717, 1.165) is 5.56 Å². The zero-order chi connectivity index (χ0) is 21.6. The van der Waals surface area contributed by atoms with Crippen LogP contribution in [0.3, 0.4) is 0 Å². The molecule has 30 heavy (non-hydrogen) atoms. The number of hydrogen-bond donors (Lipinski definition) is 1. The Morgan fingerprint density at radius 1 is 0.967 bits per heavy atom. The molecule has 0 unspecified atom stereocenters. The minimum absolute atomic E-state index is 0.0106. The highest BCUT2D eigenvalue weighted by Crippen LogP contribution is 2.30. The van der Waals surface area contributed by atoms with Crippen molar-refractivity contribution < 1.29 is 22.1 Å². The molecule has 3 aromatic rings. The molecule has 1 amide bonds. The van der Waals surface area contributed by atoms with Crippen LogP contribution in [0.25, 0.3) is 0 Å². The van der Waals surface area contributed by atoms with Crippen molar-refractivity contribution in [1.82, 2.24) is 5.43 Å². The maximum absolute atomic E-state index is 12.6. The van der Waals surface area contributed by atoms with Crippen LogP contribution in [-0.2, 0) is 10.1 Å². The summed E-state index contributed by atoms with van der Waals surface area (Å²) < 4.78 is 35.7. The number of nitrogens with one attached hydrogen (secondary N) is 1. The first kappa shape index (κ1) is 21.1. The molecule has 3 aromatic carbocycles. The van der Waals surface area contributed by atoms with Gasteiger partial charge in [-0.05, 0) is 55.0 Å². The Bertz CT molecular complexity index is 1160. The Morgan fingerprint density at radius 2 is 1.67 bits per heavy atom. The predicted molar refractivity (Wildman–Crippen MR) is 113 cm³/mol. The summed E-state index contributed by atoms with van der Waals surface area (Å²) in [7, 11) is -2.63. The molecule has 0 saturated carbocycles. The van der Waals surface area contributed by atoms with E-state index >= 15 is 0 Å². The van der Waals surface area contributed by atoms with Crippen molar-refractivity contribution in [1.29, 1.82) is 0 Å². The highest BCUT2D eigenvalue weighted by atomic mass is 32.2. The first-order valence-corrected chi connectivity index (χ1v) is 10.4. The number of carbonyl (C=O) groups is 1. The van der Waals surface area contributed by atoms with E-state index in [9.17, 15) is 13.2 Å². The van der Waals surface area contributed by atoms with Crippen molar-refractivity contribution in [3.63, 3.8) is 0 Å². The third kappa shape index (κ3) is 5.24. The van der Waals surface area contributed by atoms with Gasteiger partial charge in [0, 0.05) is 5.56 Å². The number of hydrogen-bond acceptors (Lipinski definition) is 6. The Kier molecular flexibility index (Phi) is 6.48. The van der Waals surface area contributed by atoms with E-state index in [1.54, 1.807) is 48.5 Å². The molecule has 0 fully saturated rings. The van der Waals surface area contributed by atoms with Gasteiger partial charge in [-0.3, -0.25) is 4.79 Å². The zero-order valence-corrected chi connectivity index (χ0v) is 17.2. The summed E-state index contributed by atoms with van der Waals surface area (Å²) >= 11 is 0. The Balaban J connectivity index is 1.78. The normalized spacial score (nSPS) is 11.3. The lowest BCUT2D eigenvalue weighted by Gasteiger charge is -2.11. The Labute approximate surface area is 175 Å². The number of ether oxygens (including phenoxy) is 1. The average Bonchev–Trinajstić information content (AvgIpc) is 2.74. The van der Waals surface area contributed by atoms with Crippen LogP contribution in [0.2, 0.25) is 0 Å². The van der Waals surface area contributed by atoms with Gasteiger partial charge in [0.2, 0.25) is 0 Å². The summed E-state index contributed by atoms with van der Waals surface area (Å²) in [5.74, 6) is -0.105. The highest BCUT2D eigenvalue weighted by Gasteiger charge is 2.19. The van der Waals surface area contributed by atoms with E-state index in [1.165, 1.54) is 31.5 Å². The lowest BCUT2D eigenvalue weighted by molar-refractivity contribution is 0.0955. The summed E-state index contributed by atoms with van der Waals surface area (Å²) in [6.45, 7) is 1.86. The average molecular weight is 424 g/mol. The molecule has 7 nitrogen and oxygen atoms in total. The molecule has 0 saturated heterocycles. The van der Waals surface area contributed by atoms with Gasteiger partial charge >= 0.3 is 10.1 Å². The predicted octanol–water partition coefficient (Wildman–Crippen LogP) is 3.54. The van der Waals surface area contributed by atoms with Gasteiger partial charge in [0.15, 0.2) is 11.5 Å². The number of rotatable bonds is 7. The lowest BCUT2D eigenvalue weighted by Crippen LogP contribution is -2.17. The molecule has 0 radical (unpaired) electrons. The van der Waals surface area contributed by atoms with Crippen LogP contribution in [0.4, 0.5) is 0 Å². The van der Waals surface area contributed by atoms with Crippen LogP contribution in [0.1, 0.15) is 21.5 Å². The molecular weight excluding hydrogens is 404 g/mol. The van der Waals surface area contributed by atoms with Gasteiger partial charge in [0.05, 0.1) is 13.3 Å². The van der Waals surface area contributed by atoms with Crippen molar-refractivity contribution >= 4 is 22.2 Å². The van der Waals surface area contributed by atoms with Gasteiger partial charge in [-0.1, -0.05) is 35.9 Å². The van der Waals surface area contributed by atoms with Crippen molar-refractivity contribution in [3.8, 4) is 11.5 Å². The second kappa shape index (κ2) is 9.23. The third-order valence-corrected chi connectivity index (χ3v) is 5.36. The molecule has 0 bridgehead atoms. The van der Waals surface area contributed by atoms with Gasteiger partial charge in [-0.2, -0.15) is 13.5 Å². The summed E-state index contributed by atoms with van der Waals surface area (Å²) in [6, 6.07) is 19.6. The minimum atomic E-state index is -4.04. The molecule has 0 atom stereocenters. The van der Waals surface area contributed by atoms with Crippen LogP contribution in [-0.4, -0.2) is 27.6 Å². The second-order valence-corrected chi connectivity index (χ2v) is 7.87. The molecule has 8 heteroatoms. The number of methoxy groups -OCH3 is 1. The SMILES string of the molecule is COc1ccc(/C=N\NC(=O)c2ccccc2)cc1OS(=O)(=O)c1ccc(C)cc1. The van der Waals surface area contributed by atoms with Crippen LogP contribution in [0, 0.1) is 6.92 Å². The second-order valence-electron chi connectivity index (χ2n) is 6.33.